The highest BCUT2D eigenvalue weighted by Gasteiger charge is 2.30. The van der Waals surface area contributed by atoms with E-state index in [4.69, 9.17) is 10.00 Å². The maximum atomic E-state index is 9.12. The number of ether oxygens (including phenoxy) is 1. The van der Waals surface area contributed by atoms with E-state index < -0.39 is 0 Å². The summed E-state index contributed by atoms with van der Waals surface area (Å²) in [5.41, 5.74) is 0. The molecule has 0 aromatic heterocycles. The topological polar surface area (TPSA) is 45.0 Å². The number of rotatable bonds is 3. The summed E-state index contributed by atoms with van der Waals surface area (Å²) in [7, 11) is 1.80. The molecular formula is C13H22N2O. The van der Waals surface area contributed by atoms with E-state index in [1.807, 2.05) is 0 Å². The second kappa shape index (κ2) is 5.65. The molecule has 0 bridgehead atoms. The Morgan fingerprint density at radius 3 is 2.69 bits per heavy atom. The molecule has 4 unspecified atom stereocenters. The second-order valence-electron chi connectivity index (χ2n) is 5.16. The molecule has 0 aromatic rings. The van der Waals surface area contributed by atoms with E-state index in [0.717, 1.165) is 19.3 Å². The fourth-order valence-corrected chi connectivity index (χ4v) is 3.09. The molecule has 0 aliphatic heterocycles. The van der Waals surface area contributed by atoms with Gasteiger partial charge < -0.3 is 10.1 Å². The van der Waals surface area contributed by atoms with Crippen molar-refractivity contribution >= 4 is 0 Å². The van der Waals surface area contributed by atoms with E-state index >= 15 is 0 Å². The van der Waals surface area contributed by atoms with Crippen molar-refractivity contribution in [1.82, 2.24) is 5.32 Å². The van der Waals surface area contributed by atoms with E-state index in [-0.39, 0.29) is 5.92 Å². The first-order valence-corrected chi connectivity index (χ1v) is 6.52. The lowest BCUT2D eigenvalue weighted by atomic mass is 9.85. The third-order valence-electron chi connectivity index (χ3n) is 4.10. The molecule has 1 N–H and O–H groups in total. The number of nitrogens with zero attached hydrogens (tertiary/aromatic N) is 1. The van der Waals surface area contributed by atoms with Crippen LogP contribution in [-0.2, 0) is 4.74 Å². The summed E-state index contributed by atoms with van der Waals surface area (Å²) in [4.78, 5) is 0. The highest BCUT2D eigenvalue weighted by molar-refractivity contribution is 4.96. The molecule has 90 valence electrons. The average molecular weight is 222 g/mol. The molecule has 0 aromatic carbocycles. The van der Waals surface area contributed by atoms with Gasteiger partial charge in [0.15, 0.2) is 0 Å². The predicted molar refractivity (Wildman–Crippen MR) is 62.9 cm³/mol. The maximum Gasteiger partial charge on any atom is 0.0672 e. The van der Waals surface area contributed by atoms with Crippen molar-refractivity contribution in [1.29, 1.82) is 5.26 Å². The lowest BCUT2D eigenvalue weighted by Crippen LogP contribution is -2.43. The van der Waals surface area contributed by atoms with Crippen LogP contribution in [0.1, 0.15) is 44.9 Å². The molecule has 0 radical (unpaired) electrons. The van der Waals surface area contributed by atoms with Crippen LogP contribution in [0.4, 0.5) is 0 Å². The van der Waals surface area contributed by atoms with E-state index in [0.29, 0.717) is 18.2 Å². The third-order valence-corrected chi connectivity index (χ3v) is 4.10. The molecule has 2 aliphatic carbocycles. The Kier molecular flexibility index (Phi) is 4.20. The average Bonchev–Trinajstić information content (AvgIpc) is 2.77. The summed E-state index contributed by atoms with van der Waals surface area (Å²) in [6, 6.07) is 3.46. The minimum atomic E-state index is 0.232. The summed E-state index contributed by atoms with van der Waals surface area (Å²) in [6.07, 6.45) is 8.66. The zero-order valence-electron chi connectivity index (χ0n) is 10.1. The first-order chi connectivity index (χ1) is 7.83. The van der Waals surface area contributed by atoms with Gasteiger partial charge in [-0.2, -0.15) is 5.26 Å². The Morgan fingerprint density at radius 2 is 2.00 bits per heavy atom. The molecule has 16 heavy (non-hydrogen) atoms. The van der Waals surface area contributed by atoms with Gasteiger partial charge in [0, 0.05) is 19.2 Å². The Balaban J connectivity index is 1.82. The molecule has 2 rings (SSSR count). The monoisotopic (exact) mass is 222 g/mol. The van der Waals surface area contributed by atoms with Gasteiger partial charge >= 0.3 is 0 Å². The zero-order valence-corrected chi connectivity index (χ0v) is 10.1. The van der Waals surface area contributed by atoms with Gasteiger partial charge in [-0.3, -0.25) is 0 Å². The van der Waals surface area contributed by atoms with Crippen LogP contribution >= 0.6 is 0 Å². The Hall–Kier alpha value is -0.590. The van der Waals surface area contributed by atoms with Gasteiger partial charge in [-0.1, -0.05) is 12.8 Å². The summed E-state index contributed by atoms with van der Waals surface area (Å²) in [6.45, 7) is 0. The van der Waals surface area contributed by atoms with Crippen LogP contribution < -0.4 is 5.32 Å². The first-order valence-electron chi connectivity index (χ1n) is 6.52. The number of nitrogens with one attached hydrogen (secondary N) is 1. The zero-order chi connectivity index (χ0) is 11.4. The van der Waals surface area contributed by atoms with E-state index in [9.17, 15) is 0 Å². The molecule has 3 heteroatoms. The standard InChI is InChI=1S/C13H22N2O/c1-16-12-7-6-11(8-12)15-13-5-3-2-4-10(13)9-14/h10-13,15H,2-8H2,1H3. The fourth-order valence-electron chi connectivity index (χ4n) is 3.09. The molecule has 0 heterocycles. The van der Waals surface area contributed by atoms with Gasteiger partial charge in [0.2, 0.25) is 0 Å². The molecule has 3 nitrogen and oxygen atoms in total. The van der Waals surface area contributed by atoms with Crippen molar-refractivity contribution in [3.63, 3.8) is 0 Å². The Morgan fingerprint density at radius 1 is 1.19 bits per heavy atom. The fraction of sp³-hybridized carbons (Fsp3) is 0.923. The van der Waals surface area contributed by atoms with Gasteiger partial charge in [-0.05, 0) is 32.1 Å². The van der Waals surface area contributed by atoms with Crippen LogP contribution in [0.15, 0.2) is 0 Å². The third kappa shape index (κ3) is 2.75. The molecule has 2 aliphatic rings. The summed E-state index contributed by atoms with van der Waals surface area (Å²) >= 11 is 0. The summed E-state index contributed by atoms with van der Waals surface area (Å²) < 4.78 is 5.38. The molecule has 0 saturated heterocycles. The van der Waals surface area contributed by atoms with E-state index in [1.54, 1.807) is 7.11 Å². The van der Waals surface area contributed by atoms with Crippen LogP contribution in [0.25, 0.3) is 0 Å². The smallest absolute Gasteiger partial charge is 0.0672 e. The molecule has 0 spiro atoms. The van der Waals surface area contributed by atoms with E-state index in [2.05, 4.69) is 11.4 Å². The van der Waals surface area contributed by atoms with Crippen molar-refractivity contribution in [2.45, 2.75) is 63.1 Å². The normalized spacial score (nSPS) is 39.5. The van der Waals surface area contributed by atoms with Crippen LogP contribution in [0, 0.1) is 17.2 Å². The number of methoxy groups -OCH3 is 1. The molecule has 2 saturated carbocycles. The van der Waals surface area contributed by atoms with Gasteiger partial charge in [0.05, 0.1) is 18.1 Å². The predicted octanol–water partition coefficient (Wildman–Crippen LogP) is 2.23. The highest BCUT2D eigenvalue weighted by atomic mass is 16.5. The van der Waals surface area contributed by atoms with Crippen LogP contribution in [0.5, 0.6) is 0 Å². The molecule has 0 amide bonds. The lowest BCUT2D eigenvalue weighted by Gasteiger charge is -2.30. The summed E-state index contributed by atoms with van der Waals surface area (Å²) in [5.74, 6) is 0.232. The molecular weight excluding hydrogens is 200 g/mol. The lowest BCUT2D eigenvalue weighted by molar-refractivity contribution is 0.106. The van der Waals surface area contributed by atoms with Crippen LogP contribution in [0.2, 0.25) is 0 Å². The highest BCUT2D eigenvalue weighted by Crippen LogP contribution is 2.27. The van der Waals surface area contributed by atoms with Crippen LogP contribution in [0.3, 0.4) is 0 Å². The molecule has 4 atom stereocenters. The first kappa shape index (κ1) is 11.9. The second-order valence-corrected chi connectivity index (χ2v) is 5.16. The number of hydrogen-bond donors (Lipinski definition) is 1. The number of nitriles is 1. The van der Waals surface area contributed by atoms with Crippen molar-refractivity contribution < 1.29 is 4.74 Å². The van der Waals surface area contributed by atoms with Crippen molar-refractivity contribution in [2.75, 3.05) is 7.11 Å². The van der Waals surface area contributed by atoms with Gasteiger partial charge in [-0.25, -0.2) is 0 Å². The Labute approximate surface area is 98.2 Å². The Bertz CT molecular complexity index is 261. The largest absolute Gasteiger partial charge is 0.381 e. The van der Waals surface area contributed by atoms with Gasteiger partial charge in [-0.15, -0.1) is 0 Å². The summed E-state index contributed by atoms with van der Waals surface area (Å²) in [5, 5.41) is 12.8. The van der Waals surface area contributed by atoms with Gasteiger partial charge in [0.1, 0.15) is 0 Å². The van der Waals surface area contributed by atoms with Crippen molar-refractivity contribution in [3.05, 3.63) is 0 Å². The van der Waals surface area contributed by atoms with Crippen molar-refractivity contribution in [3.8, 4) is 6.07 Å². The SMILES string of the molecule is COC1CCC(NC2CCCCC2C#N)C1. The van der Waals surface area contributed by atoms with Crippen molar-refractivity contribution in [2.24, 2.45) is 5.92 Å². The maximum absolute atomic E-state index is 9.12. The number of hydrogen-bond acceptors (Lipinski definition) is 3. The molecule has 2 fully saturated rings. The van der Waals surface area contributed by atoms with E-state index in [1.165, 1.54) is 25.7 Å². The van der Waals surface area contributed by atoms with Crippen LogP contribution in [-0.4, -0.2) is 25.3 Å². The minimum absolute atomic E-state index is 0.232. The quantitative estimate of drug-likeness (QED) is 0.796. The minimum Gasteiger partial charge on any atom is -0.381 e. The van der Waals surface area contributed by atoms with Gasteiger partial charge in [0.25, 0.3) is 0 Å².